The Morgan fingerprint density at radius 1 is 1.31 bits per heavy atom. The van der Waals surface area contributed by atoms with Crippen molar-refractivity contribution in [3.63, 3.8) is 0 Å². The number of thioether (sulfide) groups is 1. The molecule has 0 aliphatic carbocycles. The number of amidine groups is 1. The van der Waals surface area contributed by atoms with E-state index in [0.717, 1.165) is 5.69 Å². The van der Waals surface area contributed by atoms with Crippen LogP contribution >= 0.6 is 11.8 Å². The summed E-state index contributed by atoms with van der Waals surface area (Å²) in [5, 5.41) is 0.630. The maximum Gasteiger partial charge on any atom is 0.232 e. The SMILES string of the molecule is CC(=O)c1cccc(N2C(SCC(=O)N(C)C)=N[C@H]3CS(=O)(=O)C[C@@H]32)c1. The summed E-state index contributed by atoms with van der Waals surface area (Å²) >= 11 is 1.30. The zero-order valence-corrected chi connectivity index (χ0v) is 16.5. The standard InChI is InChI=1S/C17H21N3O4S2/c1-11(21)12-5-4-6-13(7-12)20-15-10-26(23,24)9-14(15)18-17(20)25-8-16(22)19(2)3/h4-7,14-15H,8-10H2,1-3H3/t14-,15-/m0/s1. The number of amides is 1. The minimum atomic E-state index is -3.14. The number of hydrogen-bond donors (Lipinski definition) is 0. The zero-order chi connectivity index (χ0) is 19.1. The summed E-state index contributed by atoms with van der Waals surface area (Å²) in [4.78, 5) is 31.6. The van der Waals surface area contributed by atoms with E-state index < -0.39 is 9.84 Å². The van der Waals surface area contributed by atoms with Gasteiger partial charge < -0.3 is 9.80 Å². The molecule has 1 aromatic rings. The van der Waals surface area contributed by atoms with Gasteiger partial charge in [0.05, 0.1) is 29.3 Å². The fourth-order valence-electron chi connectivity index (χ4n) is 3.07. The number of fused-ring (bicyclic) bond motifs is 1. The number of sulfone groups is 1. The van der Waals surface area contributed by atoms with Gasteiger partial charge in [-0.3, -0.25) is 14.6 Å². The highest BCUT2D eigenvalue weighted by molar-refractivity contribution is 8.14. The van der Waals surface area contributed by atoms with E-state index in [4.69, 9.17) is 0 Å². The van der Waals surface area contributed by atoms with Gasteiger partial charge >= 0.3 is 0 Å². The van der Waals surface area contributed by atoms with Crippen molar-refractivity contribution >= 4 is 44.1 Å². The van der Waals surface area contributed by atoms with Gasteiger partial charge in [-0.25, -0.2) is 8.42 Å². The third kappa shape index (κ3) is 3.78. The molecule has 1 amide bonds. The molecule has 2 heterocycles. The third-order valence-electron chi connectivity index (χ3n) is 4.46. The molecule has 26 heavy (non-hydrogen) atoms. The third-order valence-corrected chi connectivity index (χ3v) is 7.11. The lowest BCUT2D eigenvalue weighted by molar-refractivity contribution is -0.125. The lowest BCUT2D eigenvalue weighted by Crippen LogP contribution is -2.39. The Balaban J connectivity index is 1.92. The fraction of sp³-hybridized carbons (Fsp3) is 0.471. The fourth-order valence-corrected chi connectivity index (χ4v) is 6.01. The molecular weight excluding hydrogens is 374 g/mol. The van der Waals surface area contributed by atoms with Crippen LogP contribution in [-0.2, 0) is 14.6 Å². The smallest absolute Gasteiger partial charge is 0.232 e. The predicted octanol–water partition coefficient (Wildman–Crippen LogP) is 1.05. The van der Waals surface area contributed by atoms with Gasteiger partial charge in [0.2, 0.25) is 5.91 Å². The Morgan fingerprint density at radius 3 is 2.69 bits per heavy atom. The molecule has 2 aliphatic rings. The molecule has 1 aromatic carbocycles. The molecule has 1 saturated heterocycles. The minimum absolute atomic E-state index is 0.0201. The monoisotopic (exact) mass is 395 g/mol. The first-order valence-electron chi connectivity index (χ1n) is 8.19. The first-order chi connectivity index (χ1) is 12.2. The number of carbonyl (C=O) groups excluding carboxylic acids is 2. The van der Waals surface area contributed by atoms with Gasteiger partial charge in [0.15, 0.2) is 20.8 Å². The van der Waals surface area contributed by atoms with Crippen molar-refractivity contribution in [3.8, 4) is 0 Å². The normalized spacial score (nSPS) is 23.5. The van der Waals surface area contributed by atoms with E-state index in [0.29, 0.717) is 10.7 Å². The topological polar surface area (TPSA) is 87.1 Å². The summed E-state index contributed by atoms with van der Waals surface area (Å²) in [6, 6.07) is 6.46. The Labute approximate surface area is 157 Å². The predicted molar refractivity (Wildman–Crippen MR) is 104 cm³/mol. The van der Waals surface area contributed by atoms with Crippen LogP contribution in [-0.4, -0.2) is 73.6 Å². The van der Waals surface area contributed by atoms with Crippen LogP contribution in [0.3, 0.4) is 0 Å². The highest BCUT2D eigenvalue weighted by Crippen LogP contribution is 2.35. The molecule has 0 N–H and O–H groups in total. The average molecular weight is 396 g/mol. The quantitative estimate of drug-likeness (QED) is 0.709. The Bertz CT molecular complexity index is 880. The van der Waals surface area contributed by atoms with Crippen molar-refractivity contribution in [2.75, 3.05) is 36.3 Å². The molecule has 2 atom stereocenters. The minimum Gasteiger partial charge on any atom is -0.348 e. The number of hydrogen-bond acceptors (Lipinski definition) is 7. The molecule has 0 bridgehead atoms. The van der Waals surface area contributed by atoms with E-state index in [-0.39, 0.29) is 41.0 Å². The maximum atomic E-state index is 12.0. The van der Waals surface area contributed by atoms with Gasteiger partial charge in [-0.05, 0) is 19.1 Å². The molecule has 140 valence electrons. The van der Waals surface area contributed by atoms with Gasteiger partial charge in [-0.2, -0.15) is 0 Å². The number of anilines is 1. The van der Waals surface area contributed by atoms with Crippen molar-refractivity contribution in [1.29, 1.82) is 0 Å². The number of ketones is 1. The number of benzene rings is 1. The van der Waals surface area contributed by atoms with Crippen LogP contribution < -0.4 is 4.90 Å². The van der Waals surface area contributed by atoms with Crippen molar-refractivity contribution in [1.82, 2.24) is 4.90 Å². The first kappa shape index (κ1) is 18.9. The van der Waals surface area contributed by atoms with E-state index >= 15 is 0 Å². The van der Waals surface area contributed by atoms with Crippen LogP contribution in [0.1, 0.15) is 17.3 Å². The number of Topliss-reactive ketones (excluding diaryl/α,β-unsaturated/α-hetero) is 1. The number of carbonyl (C=O) groups is 2. The number of nitrogens with zero attached hydrogens (tertiary/aromatic N) is 3. The molecule has 0 aromatic heterocycles. The van der Waals surface area contributed by atoms with Crippen LogP contribution in [0.2, 0.25) is 0 Å². The summed E-state index contributed by atoms with van der Waals surface area (Å²) in [5.41, 5.74) is 1.28. The Hall–Kier alpha value is -1.87. The van der Waals surface area contributed by atoms with Gasteiger partial charge in [0.1, 0.15) is 0 Å². The van der Waals surface area contributed by atoms with E-state index in [9.17, 15) is 18.0 Å². The second-order valence-electron chi connectivity index (χ2n) is 6.68. The molecule has 0 saturated carbocycles. The molecule has 9 heteroatoms. The highest BCUT2D eigenvalue weighted by atomic mass is 32.2. The van der Waals surface area contributed by atoms with E-state index in [1.54, 1.807) is 32.3 Å². The van der Waals surface area contributed by atoms with E-state index in [1.807, 2.05) is 11.0 Å². The van der Waals surface area contributed by atoms with E-state index in [1.165, 1.54) is 23.6 Å². The molecular formula is C17H21N3O4S2. The Morgan fingerprint density at radius 2 is 2.04 bits per heavy atom. The average Bonchev–Trinajstić information content (AvgIpc) is 3.03. The molecule has 0 unspecified atom stereocenters. The summed E-state index contributed by atoms with van der Waals surface area (Å²) in [6.07, 6.45) is 0. The van der Waals surface area contributed by atoms with Gasteiger partial charge in [0.25, 0.3) is 0 Å². The molecule has 1 fully saturated rings. The summed E-state index contributed by atoms with van der Waals surface area (Å²) in [7, 11) is 0.237. The van der Waals surface area contributed by atoms with Crippen LogP contribution in [0.4, 0.5) is 5.69 Å². The van der Waals surface area contributed by atoms with Gasteiger partial charge in [-0.15, -0.1) is 0 Å². The molecule has 0 spiro atoms. The van der Waals surface area contributed by atoms with Crippen LogP contribution in [0.15, 0.2) is 29.3 Å². The first-order valence-corrected chi connectivity index (χ1v) is 11.0. The molecule has 0 radical (unpaired) electrons. The number of aliphatic imine (C=N–C) groups is 1. The maximum absolute atomic E-state index is 12.0. The second-order valence-corrected chi connectivity index (χ2v) is 9.77. The zero-order valence-electron chi connectivity index (χ0n) is 14.9. The van der Waals surface area contributed by atoms with Crippen molar-refractivity contribution in [2.45, 2.75) is 19.0 Å². The highest BCUT2D eigenvalue weighted by Gasteiger charge is 2.47. The second kappa shape index (κ2) is 7.03. The summed E-state index contributed by atoms with van der Waals surface area (Å²) < 4.78 is 24.1. The van der Waals surface area contributed by atoms with Gasteiger partial charge in [0, 0.05) is 25.3 Å². The van der Waals surface area contributed by atoms with Gasteiger partial charge in [-0.1, -0.05) is 23.9 Å². The van der Waals surface area contributed by atoms with Crippen LogP contribution in [0, 0.1) is 0 Å². The largest absolute Gasteiger partial charge is 0.348 e. The summed E-state index contributed by atoms with van der Waals surface area (Å²) in [5.74, 6) is 0.167. The van der Waals surface area contributed by atoms with Crippen molar-refractivity contribution < 1.29 is 18.0 Å². The van der Waals surface area contributed by atoms with Crippen molar-refractivity contribution in [3.05, 3.63) is 29.8 Å². The lowest BCUT2D eigenvalue weighted by atomic mass is 10.1. The van der Waals surface area contributed by atoms with Crippen molar-refractivity contribution in [2.24, 2.45) is 4.99 Å². The van der Waals surface area contributed by atoms with Crippen LogP contribution in [0.5, 0.6) is 0 Å². The van der Waals surface area contributed by atoms with Crippen LogP contribution in [0.25, 0.3) is 0 Å². The Kier molecular flexibility index (Phi) is 5.12. The summed E-state index contributed by atoms with van der Waals surface area (Å²) in [6.45, 7) is 1.49. The number of rotatable bonds is 4. The lowest BCUT2D eigenvalue weighted by Gasteiger charge is -2.27. The molecule has 3 rings (SSSR count). The molecule has 2 aliphatic heterocycles. The van der Waals surface area contributed by atoms with E-state index in [2.05, 4.69) is 4.99 Å². The molecule has 7 nitrogen and oxygen atoms in total.